The van der Waals surface area contributed by atoms with Crippen LogP contribution in [0.3, 0.4) is 0 Å². The SMILES string of the molecule is CCOc1ccc(S(=O)(=O)N/N=C(/C)c2cc(OC)c(OC)c(OC)c2)cc1. The van der Waals surface area contributed by atoms with Gasteiger partial charge in [-0.2, -0.15) is 18.4 Å². The van der Waals surface area contributed by atoms with E-state index >= 15 is 0 Å². The Balaban J connectivity index is 2.27. The molecule has 0 fully saturated rings. The molecule has 2 aromatic carbocycles. The zero-order valence-corrected chi connectivity index (χ0v) is 17.3. The molecule has 28 heavy (non-hydrogen) atoms. The molecule has 2 rings (SSSR count). The maximum atomic E-state index is 12.5. The first-order valence-corrected chi connectivity index (χ1v) is 9.94. The van der Waals surface area contributed by atoms with Crippen molar-refractivity contribution in [1.82, 2.24) is 4.83 Å². The Kier molecular flexibility index (Phi) is 7.11. The molecule has 0 aliphatic carbocycles. The van der Waals surface area contributed by atoms with E-state index < -0.39 is 10.0 Å². The number of methoxy groups -OCH3 is 3. The maximum Gasteiger partial charge on any atom is 0.276 e. The van der Waals surface area contributed by atoms with Crippen LogP contribution in [0.5, 0.6) is 23.0 Å². The normalized spacial score (nSPS) is 11.7. The summed E-state index contributed by atoms with van der Waals surface area (Å²) >= 11 is 0. The molecule has 0 aliphatic rings. The van der Waals surface area contributed by atoms with Crippen LogP contribution in [0.2, 0.25) is 0 Å². The van der Waals surface area contributed by atoms with Gasteiger partial charge in [-0.1, -0.05) is 0 Å². The van der Waals surface area contributed by atoms with Crippen molar-refractivity contribution < 1.29 is 27.4 Å². The Labute approximate surface area is 165 Å². The van der Waals surface area contributed by atoms with Crippen LogP contribution in [0.15, 0.2) is 46.4 Å². The second-order valence-corrected chi connectivity index (χ2v) is 7.27. The van der Waals surface area contributed by atoms with Gasteiger partial charge in [0.25, 0.3) is 10.0 Å². The van der Waals surface area contributed by atoms with Gasteiger partial charge in [-0.3, -0.25) is 0 Å². The Bertz CT molecular complexity index is 914. The zero-order valence-electron chi connectivity index (χ0n) is 16.5. The molecule has 0 atom stereocenters. The van der Waals surface area contributed by atoms with Gasteiger partial charge in [-0.05, 0) is 50.2 Å². The van der Waals surface area contributed by atoms with Gasteiger partial charge in [0.05, 0.1) is 38.5 Å². The molecular formula is C19H24N2O6S. The Morgan fingerprint density at radius 2 is 1.57 bits per heavy atom. The summed E-state index contributed by atoms with van der Waals surface area (Å²) in [5.41, 5.74) is 1.04. The van der Waals surface area contributed by atoms with Crippen molar-refractivity contribution in [1.29, 1.82) is 0 Å². The quantitative estimate of drug-likeness (QED) is 0.506. The monoisotopic (exact) mass is 408 g/mol. The second kappa shape index (κ2) is 9.32. The predicted molar refractivity (Wildman–Crippen MR) is 106 cm³/mol. The van der Waals surface area contributed by atoms with Gasteiger partial charge >= 0.3 is 0 Å². The van der Waals surface area contributed by atoms with Crippen molar-refractivity contribution in [2.24, 2.45) is 5.10 Å². The smallest absolute Gasteiger partial charge is 0.276 e. The molecule has 0 saturated heterocycles. The molecule has 0 spiro atoms. The largest absolute Gasteiger partial charge is 0.494 e. The Morgan fingerprint density at radius 1 is 1.00 bits per heavy atom. The topological polar surface area (TPSA) is 95.5 Å². The summed E-state index contributed by atoms with van der Waals surface area (Å²) < 4.78 is 46.1. The van der Waals surface area contributed by atoms with E-state index in [0.717, 1.165) is 0 Å². The maximum absolute atomic E-state index is 12.5. The number of nitrogens with zero attached hydrogens (tertiary/aromatic N) is 1. The highest BCUT2D eigenvalue weighted by atomic mass is 32.2. The van der Waals surface area contributed by atoms with Gasteiger partial charge in [0.2, 0.25) is 5.75 Å². The summed E-state index contributed by atoms with van der Waals surface area (Å²) in [5.74, 6) is 1.93. The molecule has 8 nitrogen and oxygen atoms in total. The average molecular weight is 408 g/mol. The van der Waals surface area contributed by atoms with Gasteiger partial charge < -0.3 is 18.9 Å². The van der Waals surface area contributed by atoms with E-state index in [4.69, 9.17) is 18.9 Å². The summed E-state index contributed by atoms with van der Waals surface area (Å²) in [4.78, 5) is 2.32. The van der Waals surface area contributed by atoms with Crippen LogP contribution in [0.25, 0.3) is 0 Å². The van der Waals surface area contributed by atoms with E-state index in [0.29, 0.717) is 40.9 Å². The molecule has 0 saturated carbocycles. The fourth-order valence-corrected chi connectivity index (χ4v) is 3.27. The molecule has 0 aromatic heterocycles. The van der Waals surface area contributed by atoms with Crippen molar-refractivity contribution in [3.8, 4) is 23.0 Å². The number of ether oxygens (including phenoxy) is 4. The van der Waals surface area contributed by atoms with E-state index in [1.165, 1.54) is 33.5 Å². The van der Waals surface area contributed by atoms with Crippen LogP contribution in [0.1, 0.15) is 19.4 Å². The van der Waals surface area contributed by atoms with Crippen molar-refractivity contribution >= 4 is 15.7 Å². The Hall–Kier alpha value is -2.94. The molecule has 0 bridgehead atoms. The lowest BCUT2D eigenvalue weighted by Crippen LogP contribution is -2.20. The summed E-state index contributed by atoms with van der Waals surface area (Å²) in [6.07, 6.45) is 0. The predicted octanol–water partition coefficient (Wildman–Crippen LogP) is 2.81. The van der Waals surface area contributed by atoms with Crippen molar-refractivity contribution in [3.05, 3.63) is 42.0 Å². The van der Waals surface area contributed by atoms with Gasteiger partial charge in [0, 0.05) is 5.56 Å². The van der Waals surface area contributed by atoms with Crippen LogP contribution in [0, 0.1) is 0 Å². The number of hydrogen-bond acceptors (Lipinski definition) is 7. The highest BCUT2D eigenvalue weighted by molar-refractivity contribution is 7.89. The third kappa shape index (κ3) is 4.86. The number of benzene rings is 2. The second-order valence-electron chi connectivity index (χ2n) is 5.61. The van der Waals surface area contributed by atoms with Gasteiger partial charge in [0.1, 0.15) is 5.75 Å². The van der Waals surface area contributed by atoms with Gasteiger partial charge in [-0.15, -0.1) is 0 Å². The standard InChI is InChI=1S/C19H24N2O6S/c1-6-27-15-7-9-16(10-8-15)28(22,23)21-20-13(2)14-11-17(24-3)19(26-5)18(12-14)25-4/h7-12,21H,6H2,1-5H3/b20-13-. The molecule has 0 amide bonds. The first kappa shape index (κ1) is 21.4. The lowest BCUT2D eigenvalue weighted by Gasteiger charge is -2.14. The van der Waals surface area contributed by atoms with E-state index in [2.05, 4.69) is 9.93 Å². The lowest BCUT2D eigenvalue weighted by molar-refractivity contribution is 0.324. The number of hydrogen-bond donors (Lipinski definition) is 1. The van der Waals surface area contributed by atoms with E-state index in [9.17, 15) is 8.42 Å². The highest BCUT2D eigenvalue weighted by Gasteiger charge is 2.16. The summed E-state index contributed by atoms with van der Waals surface area (Å²) in [6.45, 7) is 4.02. The highest BCUT2D eigenvalue weighted by Crippen LogP contribution is 2.38. The average Bonchev–Trinajstić information content (AvgIpc) is 2.71. The van der Waals surface area contributed by atoms with Crippen LogP contribution in [-0.4, -0.2) is 42.1 Å². The number of rotatable bonds is 9. The van der Waals surface area contributed by atoms with Crippen LogP contribution in [0.4, 0.5) is 0 Å². The number of nitrogens with one attached hydrogen (secondary N) is 1. The fourth-order valence-electron chi connectivity index (χ4n) is 2.42. The van der Waals surface area contributed by atoms with Gasteiger partial charge in [-0.25, -0.2) is 0 Å². The van der Waals surface area contributed by atoms with Crippen LogP contribution in [-0.2, 0) is 10.0 Å². The molecule has 0 aliphatic heterocycles. The molecular weight excluding hydrogens is 384 g/mol. The Morgan fingerprint density at radius 3 is 2.04 bits per heavy atom. The summed E-state index contributed by atoms with van der Waals surface area (Å²) in [6, 6.07) is 9.47. The summed E-state index contributed by atoms with van der Waals surface area (Å²) in [7, 11) is 0.691. The van der Waals surface area contributed by atoms with Gasteiger partial charge in [0.15, 0.2) is 11.5 Å². The molecule has 0 heterocycles. The van der Waals surface area contributed by atoms with Crippen molar-refractivity contribution in [3.63, 3.8) is 0 Å². The lowest BCUT2D eigenvalue weighted by atomic mass is 10.1. The molecule has 1 N–H and O–H groups in total. The molecule has 0 unspecified atom stereocenters. The van der Waals surface area contributed by atoms with E-state index in [1.807, 2.05) is 6.92 Å². The third-order valence-corrected chi connectivity index (χ3v) is 5.09. The molecule has 2 aromatic rings. The van der Waals surface area contributed by atoms with E-state index in [-0.39, 0.29) is 4.90 Å². The molecule has 9 heteroatoms. The first-order valence-electron chi connectivity index (χ1n) is 8.45. The minimum atomic E-state index is -3.82. The van der Waals surface area contributed by atoms with Crippen LogP contribution < -0.4 is 23.8 Å². The molecule has 0 radical (unpaired) electrons. The minimum absolute atomic E-state index is 0.0809. The van der Waals surface area contributed by atoms with Crippen LogP contribution >= 0.6 is 0 Å². The minimum Gasteiger partial charge on any atom is -0.494 e. The number of sulfonamides is 1. The van der Waals surface area contributed by atoms with E-state index in [1.54, 1.807) is 31.2 Å². The van der Waals surface area contributed by atoms with Crippen molar-refractivity contribution in [2.75, 3.05) is 27.9 Å². The number of hydrazone groups is 1. The first-order chi connectivity index (χ1) is 13.4. The third-order valence-electron chi connectivity index (χ3n) is 3.86. The van der Waals surface area contributed by atoms with Crippen molar-refractivity contribution in [2.45, 2.75) is 18.7 Å². The zero-order chi connectivity index (χ0) is 20.7. The molecule has 152 valence electrons. The fraction of sp³-hybridized carbons (Fsp3) is 0.316. The summed E-state index contributed by atoms with van der Waals surface area (Å²) in [5, 5.41) is 4.00.